The lowest BCUT2D eigenvalue weighted by Gasteiger charge is -2.29. The predicted octanol–water partition coefficient (Wildman–Crippen LogP) is 1.05. The van der Waals surface area contributed by atoms with Gasteiger partial charge in [-0.3, -0.25) is 4.79 Å². The zero-order valence-corrected chi connectivity index (χ0v) is 13.5. The van der Waals surface area contributed by atoms with E-state index in [2.05, 4.69) is 5.32 Å². The van der Waals surface area contributed by atoms with Crippen molar-refractivity contribution >= 4 is 5.91 Å². The molecule has 0 bridgehead atoms. The molecule has 2 atom stereocenters. The molecule has 0 aromatic heterocycles. The molecule has 1 amide bonds. The van der Waals surface area contributed by atoms with Crippen molar-refractivity contribution in [3.8, 4) is 11.5 Å². The largest absolute Gasteiger partial charge is 0.486 e. The molecular weight excluding hydrogens is 296 g/mol. The lowest BCUT2D eigenvalue weighted by Crippen LogP contribution is -2.45. The van der Waals surface area contributed by atoms with E-state index in [4.69, 9.17) is 14.2 Å². The zero-order chi connectivity index (χ0) is 16.1. The normalized spacial score (nSPS) is 22.8. The molecule has 2 aliphatic rings. The van der Waals surface area contributed by atoms with Crippen LogP contribution in [-0.2, 0) is 9.53 Å². The van der Waals surface area contributed by atoms with Gasteiger partial charge in [0.05, 0.1) is 19.2 Å². The Morgan fingerprint density at radius 3 is 2.91 bits per heavy atom. The Morgan fingerprint density at radius 1 is 1.30 bits per heavy atom. The minimum absolute atomic E-state index is 0.0467. The van der Waals surface area contributed by atoms with Gasteiger partial charge in [0.15, 0.2) is 17.6 Å². The number of nitrogens with zero attached hydrogens (tertiary/aromatic N) is 1. The number of carbonyl (C=O) groups is 1. The molecule has 0 saturated carbocycles. The molecule has 6 heteroatoms. The highest BCUT2D eigenvalue weighted by Crippen LogP contribution is 2.30. The Kier molecular flexibility index (Phi) is 5.35. The van der Waals surface area contributed by atoms with E-state index in [1.165, 1.54) is 0 Å². The first-order valence-corrected chi connectivity index (χ1v) is 8.17. The van der Waals surface area contributed by atoms with Crippen molar-refractivity contribution in [2.45, 2.75) is 25.0 Å². The molecule has 2 aliphatic heterocycles. The van der Waals surface area contributed by atoms with Crippen molar-refractivity contribution in [3.05, 3.63) is 24.3 Å². The first-order valence-electron chi connectivity index (χ1n) is 8.17. The summed E-state index contributed by atoms with van der Waals surface area (Å²) in [7, 11) is 1.79. The summed E-state index contributed by atoms with van der Waals surface area (Å²) in [5, 5.41) is 3.17. The summed E-state index contributed by atoms with van der Waals surface area (Å²) >= 11 is 0. The second kappa shape index (κ2) is 7.66. The van der Waals surface area contributed by atoms with Crippen LogP contribution >= 0.6 is 0 Å². The molecule has 1 aromatic carbocycles. The van der Waals surface area contributed by atoms with Gasteiger partial charge in [-0.2, -0.15) is 0 Å². The van der Waals surface area contributed by atoms with Gasteiger partial charge >= 0.3 is 0 Å². The number of para-hydroxylation sites is 2. The van der Waals surface area contributed by atoms with E-state index in [-0.39, 0.29) is 18.1 Å². The minimum atomic E-state index is -0.142. The molecule has 1 aromatic rings. The third-order valence-corrected chi connectivity index (χ3v) is 4.14. The van der Waals surface area contributed by atoms with Crippen molar-refractivity contribution in [3.63, 3.8) is 0 Å². The van der Waals surface area contributed by atoms with E-state index in [0.717, 1.165) is 37.5 Å². The van der Waals surface area contributed by atoms with Crippen molar-refractivity contribution in [2.75, 3.05) is 39.9 Å². The zero-order valence-electron chi connectivity index (χ0n) is 13.5. The second-order valence-electron chi connectivity index (χ2n) is 6.04. The van der Waals surface area contributed by atoms with Crippen LogP contribution in [0.15, 0.2) is 24.3 Å². The molecule has 1 saturated heterocycles. The number of carbonyl (C=O) groups excluding carboxylic acids is 1. The smallest absolute Gasteiger partial charge is 0.236 e. The van der Waals surface area contributed by atoms with Gasteiger partial charge in [0, 0.05) is 20.2 Å². The van der Waals surface area contributed by atoms with E-state index in [0.29, 0.717) is 19.7 Å². The summed E-state index contributed by atoms with van der Waals surface area (Å²) < 4.78 is 17.1. The number of ether oxygens (including phenoxy) is 3. The number of benzene rings is 1. The van der Waals surface area contributed by atoms with Gasteiger partial charge < -0.3 is 24.4 Å². The first kappa shape index (κ1) is 16.1. The molecule has 6 nitrogen and oxygen atoms in total. The number of nitrogens with one attached hydrogen (secondary N) is 1. The summed E-state index contributed by atoms with van der Waals surface area (Å²) in [6.07, 6.45) is 2.29. The van der Waals surface area contributed by atoms with Crippen molar-refractivity contribution in [2.24, 2.45) is 0 Å². The molecule has 3 rings (SSSR count). The molecule has 2 heterocycles. The van der Waals surface area contributed by atoms with Crippen LogP contribution in [0.4, 0.5) is 0 Å². The fourth-order valence-electron chi connectivity index (χ4n) is 2.84. The highest BCUT2D eigenvalue weighted by Gasteiger charge is 2.23. The standard InChI is InChI=1S/C17H24N2O4/c1-19(17(20)10-18-9-13-5-4-8-21-13)11-14-12-22-15-6-2-3-7-16(15)23-14/h2-3,6-7,13-14,18H,4-5,8-12H2,1H3. The molecule has 0 spiro atoms. The van der Waals surface area contributed by atoms with Gasteiger partial charge in [0.2, 0.25) is 5.91 Å². The quantitative estimate of drug-likeness (QED) is 0.849. The van der Waals surface area contributed by atoms with Crippen LogP contribution in [0.2, 0.25) is 0 Å². The highest BCUT2D eigenvalue weighted by atomic mass is 16.6. The van der Waals surface area contributed by atoms with Crippen molar-refractivity contribution in [1.82, 2.24) is 10.2 Å². The summed E-state index contributed by atoms with van der Waals surface area (Å²) in [5.74, 6) is 1.54. The van der Waals surface area contributed by atoms with E-state index >= 15 is 0 Å². The fourth-order valence-corrected chi connectivity index (χ4v) is 2.84. The molecular formula is C17H24N2O4. The summed E-state index contributed by atoms with van der Waals surface area (Å²) in [6, 6.07) is 7.59. The molecule has 23 heavy (non-hydrogen) atoms. The SMILES string of the molecule is CN(CC1COc2ccccc2O1)C(=O)CNCC1CCCO1. The van der Waals surface area contributed by atoms with E-state index in [1.807, 2.05) is 24.3 Å². The van der Waals surface area contributed by atoms with Crippen LogP contribution in [-0.4, -0.2) is 62.9 Å². The number of likely N-dealkylation sites (N-methyl/N-ethyl adjacent to an activating group) is 1. The Morgan fingerprint density at radius 2 is 2.13 bits per heavy atom. The molecule has 2 unspecified atom stereocenters. The summed E-state index contributed by atoms with van der Waals surface area (Å²) in [4.78, 5) is 13.8. The van der Waals surface area contributed by atoms with E-state index in [1.54, 1.807) is 11.9 Å². The third kappa shape index (κ3) is 4.36. The molecule has 126 valence electrons. The van der Waals surface area contributed by atoms with Crippen LogP contribution in [0.25, 0.3) is 0 Å². The number of hydrogen-bond acceptors (Lipinski definition) is 5. The van der Waals surface area contributed by atoms with Crippen LogP contribution in [0.5, 0.6) is 11.5 Å². The third-order valence-electron chi connectivity index (χ3n) is 4.14. The molecule has 1 fully saturated rings. The van der Waals surface area contributed by atoms with Crippen LogP contribution in [0.1, 0.15) is 12.8 Å². The first-order chi connectivity index (χ1) is 11.2. The Labute approximate surface area is 136 Å². The van der Waals surface area contributed by atoms with Crippen molar-refractivity contribution in [1.29, 1.82) is 0 Å². The maximum Gasteiger partial charge on any atom is 0.236 e. The van der Waals surface area contributed by atoms with Gasteiger partial charge in [-0.05, 0) is 25.0 Å². The number of amides is 1. The average molecular weight is 320 g/mol. The number of rotatable bonds is 6. The molecule has 1 N–H and O–H groups in total. The number of fused-ring (bicyclic) bond motifs is 1. The van der Waals surface area contributed by atoms with Crippen LogP contribution < -0.4 is 14.8 Å². The fraction of sp³-hybridized carbons (Fsp3) is 0.588. The monoisotopic (exact) mass is 320 g/mol. The molecule has 0 aliphatic carbocycles. The average Bonchev–Trinajstić information content (AvgIpc) is 3.08. The Hall–Kier alpha value is -1.79. The second-order valence-corrected chi connectivity index (χ2v) is 6.04. The Balaban J connectivity index is 1.40. The molecule has 0 radical (unpaired) electrons. The van der Waals surface area contributed by atoms with Gasteiger partial charge in [-0.15, -0.1) is 0 Å². The number of hydrogen-bond donors (Lipinski definition) is 1. The lowest BCUT2D eigenvalue weighted by atomic mass is 10.2. The van der Waals surface area contributed by atoms with E-state index < -0.39 is 0 Å². The van der Waals surface area contributed by atoms with E-state index in [9.17, 15) is 4.79 Å². The van der Waals surface area contributed by atoms with Gasteiger partial charge in [0.1, 0.15) is 6.61 Å². The maximum atomic E-state index is 12.2. The van der Waals surface area contributed by atoms with Gasteiger partial charge in [-0.25, -0.2) is 0 Å². The summed E-state index contributed by atoms with van der Waals surface area (Å²) in [6.45, 7) is 2.85. The summed E-state index contributed by atoms with van der Waals surface area (Å²) in [5.41, 5.74) is 0. The van der Waals surface area contributed by atoms with Crippen LogP contribution in [0, 0.1) is 0 Å². The van der Waals surface area contributed by atoms with Crippen LogP contribution in [0.3, 0.4) is 0 Å². The highest BCUT2D eigenvalue weighted by molar-refractivity contribution is 5.78. The van der Waals surface area contributed by atoms with Gasteiger partial charge in [0.25, 0.3) is 0 Å². The Bertz CT molecular complexity index is 531. The lowest BCUT2D eigenvalue weighted by molar-refractivity contribution is -0.130. The predicted molar refractivity (Wildman–Crippen MR) is 85.8 cm³/mol. The minimum Gasteiger partial charge on any atom is -0.486 e. The maximum absolute atomic E-state index is 12.2. The topological polar surface area (TPSA) is 60.0 Å². The van der Waals surface area contributed by atoms with Gasteiger partial charge in [-0.1, -0.05) is 12.1 Å². The van der Waals surface area contributed by atoms with Crippen molar-refractivity contribution < 1.29 is 19.0 Å².